The number of carbonyl (C=O) groups excluding carboxylic acids is 1. The molecule has 2 aromatic rings. The van der Waals surface area contributed by atoms with Crippen molar-refractivity contribution in [1.82, 2.24) is 9.71 Å². The van der Waals surface area contributed by atoms with E-state index in [4.69, 9.17) is 9.57 Å². The van der Waals surface area contributed by atoms with Gasteiger partial charge in [0, 0.05) is 19.2 Å². The number of hydrogen-bond donors (Lipinski definition) is 1. The standard InChI is InChI=1S/C20H26N3O6S.K/c1-16-8-10-18(11-9-16)30(25,26)23-19(15-28-17-6-5-12-21-14-17)22-29-13-4-3-7-20(24)27-2;/h5-6,8-12,14,19,23H,3-4,7,13,15H2,1-2H3;/q-1;+1. The molecule has 0 aliphatic heterocycles. The number of nitrogens with zero attached hydrogens (tertiary/aromatic N) is 2. The van der Waals surface area contributed by atoms with Gasteiger partial charge >= 0.3 is 57.4 Å². The molecular weight excluding hydrogens is 449 g/mol. The number of ether oxygens (including phenoxy) is 2. The minimum absolute atomic E-state index is 0. The number of hydrogen-bond acceptors (Lipinski definition) is 7. The van der Waals surface area contributed by atoms with E-state index in [1.54, 1.807) is 30.5 Å². The van der Waals surface area contributed by atoms with Gasteiger partial charge in [-0.15, -0.1) is 0 Å². The summed E-state index contributed by atoms with van der Waals surface area (Å²) in [5.41, 5.74) is 4.90. The second-order valence-electron chi connectivity index (χ2n) is 6.42. The number of sulfonamides is 1. The Hall–Kier alpha value is -0.894. The van der Waals surface area contributed by atoms with Crippen molar-refractivity contribution in [3.05, 3.63) is 59.8 Å². The van der Waals surface area contributed by atoms with E-state index in [2.05, 4.69) is 19.9 Å². The first-order chi connectivity index (χ1) is 14.4. The fourth-order valence-electron chi connectivity index (χ4n) is 2.34. The Morgan fingerprint density at radius 1 is 1.19 bits per heavy atom. The molecule has 1 unspecified atom stereocenters. The van der Waals surface area contributed by atoms with Crippen molar-refractivity contribution in [3.63, 3.8) is 0 Å². The number of carbonyl (C=O) groups is 1. The average molecular weight is 476 g/mol. The van der Waals surface area contributed by atoms with Gasteiger partial charge in [-0.3, -0.25) is 9.78 Å². The van der Waals surface area contributed by atoms with E-state index in [1.165, 1.54) is 25.4 Å². The van der Waals surface area contributed by atoms with Crippen LogP contribution >= 0.6 is 0 Å². The van der Waals surface area contributed by atoms with Crippen LogP contribution in [0.15, 0.2) is 53.7 Å². The van der Waals surface area contributed by atoms with E-state index in [9.17, 15) is 13.2 Å². The van der Waals surface area contributed by atoms with Crippen molar-refractivity contribution in [2.24, 2.45) is 0 Å². The maximum absolute atomic E-state index is 12.7. The first kappa shape index (κ1) is 28.1. The number of nitrogens with one attached hydrogen (secondary N) is 1. The monoisotopic (exact) mass is 475 g/mol. The van der Waals surface area contributed by atoms with Crippen molar-refractivity contribution < 1.29 is 78.9 Å². The van der Waals surface area contributed by atoms with Crippen molar-refractivity contribution >= 4 is 16.0 Å². The number of methoxy groups -OCH3 is 1. The Morgan fingerprint density at radius 3 is 2.58 bits per heavy atom. The van der Waals surface area contributed by atoms with Crippen LogP contribution in [-0.4, -0.2) is 45.9 Å². The van der Waals surface area contributed by atoms with Crippen molar-refractivity contribution in [3.8, 4) is 5.75 Å². The molecule has 0 saturated heterocycles. The van der Waals surface area contributed by atoms with Gasteiger partial charge in [-0.05, 0) is 50.2 Å². The molecule has 1 heterocycles. The molecule has 1 aromatic heterocycles. The van der Waals surface area contributed by atoms with Gasteiger partial charge in [-0.25, -0.2) is 13.1 Å². The zero-order chi connectivity index (χ0) is 21.8. The van der Waals surface area contributed by atoms with E-state index in [0.717, 1.165) is 5.56 Å². The van der Waals surface area contributed by atoms with Crippen LogP contribution in [0.3, 0.4) is 0 Å². The Labute approximate surface area is 225 Å². The summed E-state index contributed by atoms with van der Waals surface area (Å²) >= 11 is 0. The second-order valence-corrected chi connectivity index (χ2v) is 8.14. The molecule has 0 aliphatic carbocycles. The number of hydroxylamine groups is 1. The maximum atomic E-state index is 12.7. The zero-order valence-electron chi connectivity index (χ0n) is 18.0. The average Bonchev–Trinajstić information content (AvgIpc) is 2.74. The van der Waals surface area contributed by atoms with Gasteiger partial charge in [0.15, 0.2) is 0 Å². The van der Waals surface area contributed by atoms with Crippen LogP contribution in [0.5, 0.6) is 5.75 Å². The molecule has 1 N–H and O–H groups in total. The quantitative estimate of drug-likeness (QED) is 0.183. The van der Waals surface area contributed by atoms with Gasteiger partial charge in [0.25, 0.3) is 0 Å². The molecule has 0 radical (unpaired) electrons. The molecule has 1 aromatic carbocycles. The molecule has 0 saturated carbocycles. The maximum Gasteiger partial charge on any atom is 1.00 e. The summed E-state index contributed by atoms with van der Waals surface area (Å²) in [5, 5.41) is 0. The molecular formula is C20H26KN3O6S. The van der Waals surface area contributed by atoms with Crippen LogP contribution in [-0.2, 0) is 24.4 Å². The number of esters is 1. The number of pyridine rings is 1. The summed E-state index contributed by atoms with van der Waals surface area (Å²) < 4.78 is 37.9. The van der Waals surface area contributed by atoms with Crippen molar-refractivity contribution in [1.29, 1.82) is 0 Å². The molecule has 164 valence electrons. The second kappa shape index (κ2) is 15.0. The summed E-state index contributed by atoms with van der Waals surface area (Å²) in [7, 11) is -2.49. The summed E-state index contributed by atoms with van der Waals surface area (Å²) in [4.78, 5) is 20.4. The van der Waals surface area contributed by atoms with E-state index in [-0.39, 0.29) is 81.9 Å². The van der Waals surface area contributed by atoms with E-state index in [0.29, 0.717) is 18.6 Å². The van der Waals surface area contributed by atoms with Crippen LogP contribution in [0.2, 0.25) is 0 Å². The number of benzene rings is 1. The fraction of sp³-hybridized carbons (Fsp3) is 0.400. The van der Waals surface area contributed by atoms with E-state index >= 15 is 0 Å². The molecule has 9 nitrogen and oxygen atoms in total. The third kappa shape index (κ3) is 11.0. The molecule has 0 fully saturated rings. The molecule has 1 atom stereocenters. The smallest absolute Gasteiger partial charge is 0.515 e. The minimum atomic E-state index is -3.82. The van der Waals surface area contributed by atoms with Crippen molar-refractivity contribution in [2.45, 2.75) is 37.2 Å². The first-order valence-corrected chi connectivity index (χ1v) is 10.9. The van der Waals surface area contributed by atoms with Crippen LogP contribution in [0, 0.1) is 6.92 Å². The third-order valence-corrected chi connectivity index (χ3v) is 5.44. The van der Waals surface area contributed by atoms with Crippen LogP contribution in [0.4, 0.5) is 0 Å². The largest absolute Gasteiger partial charge is 1.00 e. The minimum Gasteiger partial charge on any atom is -0.515 e. The molecule has 11 heteroatoms. The van der Waals surface area contributed by atoms with Crippen molar-refractivity contribution in [2.75, 3.05) is 20.3 Å². The zero-order valence-corrected chi connectivity index (χ0v) is 21.9. The molecule has 0 bridgehead atoms. The fourth-order valence-corrected chi connectivity index (χ4v) is 3.44. The normalized spacial score (nSPS) is 11.9. The van der Waals surface area contributed by atoms with E-state index < -0.39 is 16.2 Å². The number of aryl methyl sites for hydroxylation is 1. The number of unbranched alkanes of at least 4 members (excludes halogenated alkanes) is 1. The van der Waals surface area contributed by atoms with Gasteiger partial charge < -0.3 is 19.8 Å². The summed E-state index contributed by atoms with van der Waals surface area (Å²) in [6.07, 6.45) is 3.57. The Kier molecular flexibility index (Phi) is 13.6. The van der Waals surface area contributed by atoms with Gasteiger partial charge in [0.05, 0.1) is 24.8 Å². The molecule has 31 heavy (non-hydrogen) atoms. The molecule has 2 rings (SSSR count). The summed E-state index contributed by atoms with van der Waals surface area (Å²) in [6, 6.07) is 9.87. The van der Waals surface area contributed by atoms with E-state index in [1.807, 2.05) is 6.92 Å². The summed E-state index contributed by atoms with van der Waals surface area (Å²) in [5.74, 6) is 0.186. The van der Waals surface area contributed by atoms with Gasteiger partial charge in [-0.1, -0.05) is 17.7 Å². The Morgan fingerprint density at radius 2 is 1.94 bits per heavy atom. The predicted octanol–water partition coefficient (Wildman–Crippen LogP) is -0.274. The first-order valence-electron chi connectivity index (χ1n) is 9.41. The predicted molar refractivity (Wildman–Crippen MR) is 110 cm³/mol. The van der Waals surface area contributed by atoms with Crippen LogP contribution < -0.4 is 60.8 Å². The molecule has 0 spiro atoms. The summed E-state index contributed by atoms with van der Waals surface area (Å²) in [6.45, 7) is 2.02. The van der Waals surface area contributed by atoms with Crippen LogP contribution in [0.1, 0.15) is 24.8 Å². The number of rotatable bonds is 13. The van der Waals surface area contributed by atoms with Gasteiger partial charge in [-0.2, -0.15) is 0 Å². The topological polar surface area (TPSA) is 118 Å². The molecule has 0 amide bonds. The Balaban J connectivity index is 0.00000480. The Bertz CT molecular complexity index is 882. The van der Waals surface area contributed by atoms with Gasteiger partial charge in [0.1, 0.15) is 5.75 Å². The number of aromatic nitrogens is 1. The molecule has 0 aliphatic rings. The van der Waals surface area contributed by atoms with Gasteiger partial charge in [0.2, 0.25) is 10.0 Å². The third-order valence-electron chi connectivity index (χ3n) is 3.96. The SMILES string of the molecule is COC(=O)CCCCO[N-]C(COc1cccnc1)NS(=O)(=O)c1ccc(C)cc1.[K+]. The van der Waals surface area contributed by atoms with Crippen LogP contribution in [0.25, 0.3) is 5.48 Å².